The van der Waals surface area contributed by atoms with Crippen molar-refractivity contribution in [2.45, 2.75) is 32.2 Å². The van der Waals surface area contributed by atoms with Crippen LogP contribution in [-0.2, 0) is 12.0 Å². The predicted octanol–water partition coefficient (Wildman–Crippen LogP) is 4.12. The highest BCUT2D eigenvalue weighted by atomic mass is 32.2. The average Bonchev–Trinajstić information content (AvgIpc) is 2.62. The maximum atomic E-state index is 12.6. The lowest BCUT2D eigenvalue weighted by molar-refractivity contribution is 0.0988. The van der Waals surface area contributed by atoms with Crippen molar-refractivity contribution in [3.63, 3.8) is 0 Å². The highest BCUT2D eigenvalue weighted by Gasteiger charge is 2.32. The van der Waals surface area contributed by atoms with Crippen molar-refractivity contribution in [1.82, 2.24) is 9.97 Å². The molecule has 2 aromatic rings. The number of aliphatic imine (C=N–C) groups is 1. The van der Waals surface area contributed by atoms with E-state index >= 15 is 0 Å². The number of nitrogens with two attached hydrogens (primary N) is 1. The van der Waals surface area contributed by atoms with Gasteiger partial charge in [-0.1, -0.05) is 36.6 Å². The SMILES string of the molecule is C=C1C[C@@](C)(c2cc(CC(=O)c3ccc(/C=C/C)cn3)ccn2)N=C(N)S1. The number of aromatic nitrogens is 2. The van der Waals surface area contributed by atoms with Crippen molar-refractivity contribution in [3.8, 4) is 0 Å². The minimum atomic E-state index is -0.558. The molecule has 3 heterocycles. The maximum Gasteiger partial charge on any atom is 0.185 e. The minimum Gasteiger partial charge on any atom is -0.378 e. The number of carbonyl (C=O) groups excluding carboxylic acids is 1. The molecule has 2 aromatic heterocycles. The summed E-state index contributed by atoms with van der Waals surface area (Å²) in [5, 5.41) is 0.488. The number of allylic oxidation sites excluding steroid dienone is 1. The van der Waals surface area contributed by atoms with Gasteiger partial charge in [-0.3, -0.25) is 14.8 Å². The second-order valence-electron chi connectivity index (χ2n) is 6.67. The van der Waals surface area contributed by atoms with E-state index in [1.807, 2.05) is 44.2 Å². The van der Waals surface area contributed by atoms with E-state index < -0.39 is 5.54 Å². The maximum absolute atomic E-state index is 12.6. The van der Waals surface area contributed by atoms with Gasteiger partial charge in [0, 0.05) is 25.2 Å². The van der Waals surface area contributed by atoms with E-state index in [0.717, 1.165) is 21.7 Å². The molecule has 0 bridgehead atoms. The van der Waals surface area contributed by atoms with E-state index in [1.54, 1.807) is 18.5 Å². The molecule has 0 fully saturated rings. The van der Waals surface area contributed by atoms with Crippen LogP contribution in [-0.4, -0.2) is 20.9 Å². The third-order valence-electron chi connectivity index (χ3n) is 4.32. The number of hydrogen-bond donors (Lipinski definition) is 1. The Kier molecular flexibility index (Phi) is 5.56. The fourth-order valence-corrected chi connectivity index (χ4v) is 3.93. The quantitative estimate of drug-likeness (QED) is 0.792. The second kappa shape index (κ2) is 7.88. The topological polar surface area (TPSA) is 81.2 Å². The first-order chi connectivity index (χ1) is 12.9. The second-order valence-corrected chi connectivity index (χ2v) is 7.87. The van der Waals surface area contributed by atoms with Gasteiger partial charge in [0.15, 0.2) is 11.0 Å². The van der Waals surface area contributed by atoms with Gasteiger partial charge in [0.2, 0.25) is 0 Å². The van der Waals surface area contributed by atoms with Gasteiger partial charge in [-0.25, -0.2) is 4.99 Å². The highest BCUT2D eigenvalue weighted by molar-refractivity contribution is 8.17. The Bertz CT molecular complexity index is 933. The largest absolute Gasteiger partial charge is 0.378 e. The molecular formula is C21H22N4OS. The molecular weight excluding hydrogens is 356 g/mol. The smallest absolute Gasteiger partial charge is 0.185 e. The molecule has 0 aliphatic carbocycles. The van der Waals surface area contributed by atoms with Crippen molar-refractivity contribution in [2.24, 2.45) is 10.7 Å². The van der Waals surface area contributed by atoms with E-state index in [9.17, 15) is 4.79 Å². The van der Waals surface area contributed by atoms with Crippen molar-refractivity contribution in [1.29, 1.82) is 0 Å². The molecule has 0 unspecified atom stereocenters. The Morgan fingerprint density at radius 2 is 2.19 bits per heavy atom. The van der Waals surface area contributed by atoms with Crippen LogP contribution in [0.25, 0.3) is 6.08 Å². The molecule has 0 saturated carbocycles. The molecule has 6 heteroatoms. The first-order valence-electron chi connectivity index (χ1n) is 8.68. The van der Waals surface area contributed by atoms with Crippen molar-refractivity contribution < 1.29 is 4.79 Å². The zero-order valence-corrected chi connectivity index (χ0v) is 16.3. The summed E-state index contributed by atoms with van der Waals surface area (Å²) in [5.74, 6) is -0.0315. The third kappa shape index (κ3) is 4.52. The van der Waals surface area contributed by atoms with Gasteiger partial charge in [0.1, 0.15) is 11.2 Å². The number of Topliss-reactive ketones (excluding diaryl/α,β-unsaturated/α-hetero) is 1. The zero-order valence-electron chi connectivity index (χ0n) is 15.5. The summed E-state index contributed by atoms with van der Waals surface area (Å²) in [4.78, 5) is 26.9. The number of pyridine rings is 2. The van der Waals surface area contributed by atoms with Gasteiger partial charge in [-0.05, 0) is 48.1 Å². The first kappa shape index (κ1) is 19.0. The van der Waals surface area contributed by atoms with Gasteiger partial charge in [0.25, 0.3) is 0 Å². The van der Waals surface area contributed by atoms with Crippen molar-refractivity contribution in [3.05, 3.63) is 76.7 Å². The Hall–Kier alpha value is -2.73. The third-order valence-corrected chi connectivity index (χ3v) is 5.05. The number of amidine groups is 1. The fraction of sp³-hybridized carbons (Fsp3) is 0.238. The summed E-state index contributed by atoms with van der Waals surface area (Å²) in [7, 11) is 0. The summed E-state index contributed by atoms with van der Waals surface area (Å²) in [5.41, 5.74) is 8.46. The first-order valence-corrected chi connectivity index (χ1v) is 9.49. The molecule has 0 amide bonds. The van der Waals surface area contributed by atoms with E-state index in [0.29, 0.717) is 17.3 Å². The Morgan fingerprint density at radius 1 is 1.37 bits per heavy atom. The average molecular weight is 379 g/mol. The summed E-state index contributed by atoms with van der Waals surface area (Å²) in [6.45, 7) is 7.95. The molecule has 138 valence electrons. The molecule has 0 saturated heterocycles. The number of ketones is 1. The Balaban J connectivity index is 1.80. The molecule has 0 radical (unpaired) electrons. The van der Waals surface area contributed by atoms with Crippen LogP contribution in [0.4, 0.5) is 0 Å². The van der Waals surface area contributed by atoms with Gasteiger partial charge in [-0.2, -0.15) is 0 Å². The van der Waals surface area contributed by atoms with Crippen LogP contribution in [0, 0.1) is 0 Å². The number of carbonyl (C=O) groups is 1. The lowest BCUT2D eigenvalue weighted by Gasteiger charge is -2.30. The lowest BCUT2D eigenvalue weighted by atomic mass is 9.92. The summed E-state index contributed by atoms with van der Waals surface area (Å²) >= 11 is 1.39. The normalized spacial score (nSPS) is 19.9. The highest BCUT2D eigenvalue weighted by Crippen LogP contribution is 2.39. The summed E-state index contributed by atoms with van der Waals surface area (Å²) < 4.78 is 0. The number of rotatable bonds is 5. The molecule has 1 aliphatic heterocycles. The van der Waals surface area contributed by atoms with Gasteiger partial charge < -0.3 is 5.73 Å². The van der Waals surface area contributed by atoms with Crippen LogP contribution < -0.4 is 5.73 Å². The monoisotopic (exact) mass is 378 g/mol. The van der Waals surface area contributed by atoms with Crippen LogP contribution in [0.5, 0.6) is 0 Å². The van der Waals surface area contributed by atoms with Crippen LogP contribution >= 0.6 is 11.8 Å². The minimum absolute atomic E-state index is 0.0315. The van der Waals surface area contributed by atoms with Crippen LogP contribution in [0.15, 0.2) is 59.2 Å². The summed E-state index contributed by atoms with van der Waals surface area (Å²) in [6.07, 6.45) is 8.22. The molecule has 1 aliphatic rings. The molecule has 0 aromatic carbocycles. The Morgan fingerprint density at radius 3 is 2.85 bits per heavy atom. The van der Waals surface area contributed by atoms with Crippen LogP contribution in [0.2, 0.25) is 0 Å². The van der Waals surface area contributed by atoms with E-state index in [1.165, 1.54) is 11.8 Å². The van der Waals surface area contributed by atoms with Gasteiger partial charge >= 0.3 is 0 Å². The van der Waals surface area contributed by atoms with Crippen LogP contribution in [0.3, 0.4) is 0 Å². The molecule has 1 atom stereocenters. The van der Waals surface area contributed by atoms with E-state index in [4.69, 9.17) is 5.73 Å². The number of nitrogens with zero attached hydrogens (tertiary/aromatic N) is 3. The molecule has 3 rings (SSSR count). The summed E-state index contributed by atoms with van der Waals surface area (Å²) in [6, 6.07) is 7.42. The van der Waals surface area contributed by atoms with E-state index in [-0.39, 0.29) is 12.2 Å². The molecule has 5 nitrogen and oxygen atoms in total. The Labute approximate surface area is 163 Å². The van der Waals surface area contributed by atoms with Crippen molar-refractivity contribution in [2.75, 3.05) is 0 Å². The molecule has 27 heavy (non-hydrogen) atoms. The van der Waals surface area contributed by atoms with Crippen LogP contribution in [0.1, 0.15) is 47.6 Å². The zero-order chi connectivity index (χ0) is 19.4. The molecule has 0 spiro atoms. The van der Waals surface area contributed by atoms with Gasteiger partial charge in [0.05, 0.1) is 5.69 Å². The van der Waals surface area contributed by atoms with Gasteiger partial charge in [-0.15, -0.1) is 0 Å². The predicted molar refractivity (Wildman–Crippen MR) is 112 cm³/mol. The van der Waals surface area contributed by atoms with E-state index in [2.05, 4.69) is 21.5 Å². The number of hydrogen-bond acceptors (Lipinski definition) is 6. The number of thioether (sulfide) groups is 1. The standard InChI is InChI=1S/C21H22N4OS/c1-4-5-15-6-7-17(24-13-15)18(26)10-16-8-9-23-19(11-16)21(3)12-14(2)27-20(22)25-21/h4-9,11,13H,2,10,12H2,1,3H3,(H2,22,25)/b5-4+/t21-/m0/s1. The lowest BCUT2D eigenvalue weighted by Crippen LogP contribution is -2.28. The molecule has 2 N–H and O–H groups in total. The van der Waals surface area contributed by atoms with Crippen molar-refractivity contribution >= 4 is 28.8 Å². The fourth-order valence-electron chi connectivity index (χ4n) is 3.04.